The van der Waals surface area contributed by atoms with Crippen LogP contribution in [0.25, 0.3) is 0 Å². The summed E-state index contributed by atoms with van der Waals surface area (Å²) in [6.07, 6.45) is 8.41. The van der Waals surface area contributed by atoms with Gasteiger partial charge in [-0.1, -0.05) is 13.8 Å². The Morgan fingerprint density at radius 2 is 1.76 bits per heavy atom. The summed E-state index contributed by atoms with van der Waals surface area (Å²) < 4.78 is 5.71. The Kier molecular flexibility index (Phi) is 2.99. The predicted octanol–water partition coefficient (Wildman–Crippen LogP) is 3.30. The number of hydrogen-bond donors (Lipinski definition) is 1. The number of aliphatic hydroxyl groups excluding tert-OH is 1. The summed E-state index contributed by atoms with van der Waals surface area (Å²) in [7, 11) is 0. The molecule has 0 amide bonds. The number of ether oxygens (including phenoxy) is 1. The highest BCUT2D eigenvalue weighted by Gasteiger charge is 2.60. The number of rotatable bonds is 0. The van der Waals surface area contributed by atoms with Gasteiger partial charge in [0.15, 0.2) is 0 Å². The molecule has 3 aliphatic carbocycles. The van der Waals surface area contributed by atoms with E-state index in [1.165, 1.54) is 19.3 Å². The van der Waals surface area contributed by atoms with Crippen LogP contribution in [-0.2, 0) is 9.53 Å². The van der Waals surface area contributed by atoms with Crippen molar-refractivity contribution in [1.82, 2.24) is 0 Å². The van der Waals surface area contributed by atoms with Gasteiger partial charge >= 0.3 is 5.97 Å². The summed E-state index contributed by atoms with van der Waals surface area (Å²) in [6, 6.07) is 0. The largest absolute Gasteiger partial charge is 0.462 e. The van der Waals surface area contributed by atoms with Crippen molar-refractivity contribution in [1.29, 1.82) is 0 Å². The predicted molar refractivity (Wildman–Crippen MR) is 79.5 cm³/mol. The zero-order valence-electron chi connectivity index (χ0n) is 13.3. The first-order valence-corrected chi connectivity index (χ1v) is 8.83. The highest BCUT2D eigenvalue weighted by Crippen LogP contribution is 2.64. The van der Waals surface area contributed by atoms with Gasteiger partial charge in [-0.3, -0.25) is 4.79 Å². The molecule has 3 saturated carbocycles. The van der Waals surface area contributed by atoms with Gasteiger partial charge in [-0.25, -0.2) is 0 Å². The summed E-state index contributed by atoms with van der Waals surface area (Å²) >= 11 is 0. The monoisotopic (exact) mass is 292 g/mol. The van der Waals surface area contributed by atoms with Crippen LogP contribution in [0.4, 0.5) is 0 Å². The third-order valence-electron chi connectivity index (χ3n) is 7.87. The van der Waals surface area contributed by atoms with Gasteiger partial charge in [-0.15, -0.1) is 0 Å². The number of hydrogen-bond acceptors (Lipinski definition) is 3. The van der Waals surface area contributed by atoms with Gasteiger partial charge in [-0.05, 0) is 68.1 Å². The second-order valence-electron chi connectivity index (χ2n) is 8.58. The van der Waals surface area contributed by atoms with Crippen LogP contribution < -0.4 is 0 Å². The molecule has 0 aromatic heterocycles. The van der Waals surface area contributed by atoms with Crippen LogP contribution in [0.5, 0.6) is 0 Å². The summed E-state index contributed by atoms with van der Waals surface area (Å²) in [5.41, 5.74) is 0.335. The Labute approximate surface area is 127 Å². The molecular weight excluding hydrogens is 264 g/mol. The minimum Gasteiger partial charge on any atom is -0.462 e. The third kappa shape index (κ3) is 1.79. The average Bonchev–Trinajstić information content (AvgIpc) is 2.76. The van der Waals surface area contributed by atoms with Crippen molar-refractivity contribution in [3.8, 4) is 0 Å². The molecule has 4 aliphatic rings. The third-order valence-corrected chi connectivity index (χ3v) is 7.87. The van der Waals surface area contributed by atoms with E-state index in [0.717, 1.165) is 31.6 Å². The minimum absolute atomic E-state index is 0.00728. The molecule has 3 nitrogen and oxygen atoms in total. The smallest absolute Gasteiger partial charge is 0.306 e. The maximum absolute atomic E-state index is 11.6. The standard InChI is InChI=1S/C18H28O3/c1-17-9-7-13-11(12(17)4-5-14(17)19)3-6-15-18(13,2)10-8-16(20)21-15/h11-15,19H,3-10H2,1-2H3/t11-,12+,13+,14+,15-,17-,18-/m1/s1. The summed E-state index contributed by atoms with van der Waals surface area (Å²) in [5.74, 6) is 2.11. The first kappa shape index (κ1) is 14.0. The molecule has 4 fully saturated rings. The van der Waals surface area contributed by atoms with Crippen LogP contribution in [0.3, 0.4) is 0 Å². The molecule has 1 aliphatic heterocycles. The average molecular weight is 292 g/mol. The Hall–Kier alpha value is -0.570. The Morgan fingerprint density at radius 1 is 1.00 bits per heavy atom. The number of esters is 1. The maximum atomic E-state index is 11.6. The molecule has 0 unspecified atom stereocenters. The van der Waals surface area contributed by atoms with Crippen molar-refractivity contribution in [3.05, 3.63) is 0 Å². The topological polar surface area (TPSA) is 46.5 Å². The maximum Gasteiger partial charge on any atom is 0.306 e. The Morgan fingerprint density at radius 3 is 2.57 bits per heavy atom. The van der Waals surface area contributed by atoms with E-state index in [1.807, 2.05) is 0 Å². The molecule has 0 aromatic rings. The van der Waals surface area contributed by atoms with Crippen molar-refractivity contribution in [2.75, 3.05) is 0 Å². The molecule has 1 saturated heterocycles. The van der Waals surface area contributed by atoms with E-state index in [-0.39, 0.29) is 29.0 Å². The molecule has 4 rings (SSSR count). The molecule has 7 atom stereocenters. The zero-order chi connectivity index (χ0) is 14.8. The molecule has 1 N–H and O–H groups in total. The molecule has 21 heavy (non-hydrogen) atoms. The number of carbonyl (C=O) groups is 1. The fourth-order valence-corrected chi connectivity index (χ4v) is 6.52. The molecule has 0 bridgehead atoms. The van der Waals surface area contributed by atoms with E-state index in [9.17, 15) is 9.90 Å². The molecule has 1 heterocycles. The lowest BCUT2D eigenvalue weighted by Gasteiger charge is -2.59. The van der Waals surface area contributed by atoms with Crippen LogP contribution in [-0.4, -0.2) is 23.3 Å². The quantitative estimate of drug-likeness (QED) is 0.697. The van der Waals surface area contributed by atoms with E-state index >= 15 is 0 Å². The van der Waals surface area contributed by atoms with Gasteiger partial charge in [0.2, 0.25) is 0 Å². The van der Waals surface area contributed by atoms with Gasteiger partial charge in [-0.2, -0.15) is 0 Å². The molecule has 3 heteroatoms. The molecule has 118 valence electrons. The van der Waals surface area contributed by atoms with Crippen LogP contribution in [0.15, 0.2) is 0 Å². The number of carbonyl (C=O) groups excluding carboxylic acids is 1. The highest BCUT2D eigenvalue weighted by atomic mass is 16.5. The van der Waals surface area contributed by atoms with E-state index in [0.29, 0.717) is 18.3 Å². The summed E-state index contributed by atoms with van der Waals surface area (Å²) in [5, 5.41) is 10.4. The fraction of sp³-hybridized carbons (Fsp3) is 0.944. The van der Waals surface area contributed by atoms with Crippen molar-refractivity contribution in [2.24, 2.45) is 28.6 Å². The molecule has 0 aromatic carbocycles. The van der Waals surface area contributed by atoms with Crippen LogP contribution in [0.2, 0.25) is 0 Å². The molecule has 0 spiro atoms. The lowest BCUT2D eigenvalue weighted by atomic mass is 9.48. The van der Waals surface area contributed by atoms with Crippen LogP contribution >= 0.6 is 0 Å². The lowest BCUT2D eigenvalue weighted by Crippen LogP contribution is -2.56. The first-order valence-electron chi connectivity index (χ1n) is 8.83. The van der Waals surface area contributed by atoms with Crippen molar-refractivity contribution < 1.29 is 14.6 Å². The second-order valence-corrected chi connectivity index (χ2v) is 8.58. The second kappa shape index (κ2) is 4.47. The van der Waals surface area contributed by atoms with Gasteiger partial charge < -0.3 is 9.84 Å². The van der Waals surface area contributed by atoms with Gasteiger partial charge in [0.05, 0.1) is 6.10 Å². The number of fused-ring (bicyclic) bond motifs is 5. The summed E-state index contributed by atoms with van der Waals surface area (Å²) in [6.45, 7) is 4.69. The normalized spacial score (nSPS) is 56.1. The van der Waals surface area contributed by atoms with E-state index < -0.39 is 0 Å². The number of aliphatic hydroxyl groups is 1. The van der Waals surface area contributed by atoms with Crippen molar-refractivity contribution >= 4 is 5.97 Å². The fourth-order valence-electron chi connectivity index (χ4n) is 6.52. The molecule has 0 radical (unpaired) electrons. The minimum atomic E-state index is -0.0989. The SMILES string of the molecule is C[C@@]12CC[C@H]3[C@H](CC[C@H]4OC(=O)CC[C@@]43C)[C@@H]1CC[C@@H]2O. The van der Waals surface area contributed by atoms with E-state index in [4.69, 9.17) is 4.74 Å². The summed E-state index contributed by atoms with van der Waals surface area (Å²) in [4.78, 5) is 11.6. The Bertz CT molecular complexity index is 461. The van der Waals surface area contributed by atoms with Gasteiger partial charge in [0.1, 0.15) is 6.10 Å². The lowest BCUT2D eigenvalue weighted by molar-refractivity contribution is -0.193. The highest BCUT2D eigenvalue weighted by molar-refractivity contribution is 5.70. The van der Waals surface area contributed by atoms with Crippen molar-refractivity contribution in [2.45, 2.75) is 77.4 Å². The van der Waals surface area contributed by atoms with E-state index in [2.05, 4.69) is 13.8 Å². The Balaban J connectivity index is 1.64. The first-order chi connectivity index (χ1) is 9.95. The molecular formula is C18H28O3. The van der Waals surface area contributed by atoms with E-state index in [1.54, 1.807) is 0 Å². The van der Waals surface area contributed by atoms with Crippen LogP contribution in [0, 0.1) is 28.6 Å². The van der Waals surface area contributed by atoms with Crippen LogP contribution in [0.1, 0.15) is 65.2 Å². The van der Waals surface area contributed by atoms with Gasteiger partial charge in [0, 0.05) is 11.8 Å². The van der Waals surface area contributed by atoms with Gasteiger partial charge in [0.25, 0.3) is 0 Å². The van der Waals surface area contributed by atoms with Crippen molar-refractivity contribution in [3.63, 3.8) is 0 Å². The zero-order valence-corrected chi connectivity index (χ0v) is 13.3.